The lowest BCUT2D eigenvalue weighted by molar-refractivity contribution is -0.123. The quantitative estimate of drug-likeness (QED) is 0.898. The van der Waals surface area contributed by atoms with E-state index in [1.165, 1.54) is 11.8 Å². The molecule has 1 aromatic carbocycles. The first kappa shape index (κ1) is 16.9. The number of thioether (sulfide) groups is 1. The van der Waals surface area contributed by atoms with Crippen molar-refractivity contribution in [3.8, 4) is 17.9 Å². The fraction of sp³-hybridized carbons (Fsp3) is 0.353. The van der Waals surface area contributed by atoms with Crippen molar-refractivity contribution in [1.29, 1.82) is 10.5 Å². The van der Waals surface area contributed by atoms with Gasteiger partial charge in [-0.15, -0.1) is 11.8 Å². The van der Waals surface area contributed by atoms with Crippen LogP contribution >= 0.6 is 11.8 Å². The number of nitrogens with zero attached hydrogens (tertiary/aromatic N) is 2. The third-order valence-corrected chi connectivity index (χ3v) is 4.41. The van der Waals surface area contributed by atoms with Gasteiger partial charge in [-0.2, -0.15) is 10.5 Å². The van der Waals surface area contributed by atoms with Gasteiger partial charge in [0.25, 0.3) is 0 Å². The van der Waals surface area contributed by atoms with E-state index in [-0.39, 0.29) is 5.91 Å². The molecule has 6 heteroatoms. The first-order valence-corrected chi connectivity index (χ1v) is 8.35. The molecule has 118 valence electrons. The number of rotatable bonds is 5. The van der Waals surface area contributed by atoms with E-state index in [9.17, 15) is 15.3 Å². The number of para-hydroxylation sites is 1. The number of ether oxygens (including phenoxy) is 1. The number of hydrogen-bond donors (Lipinski definition) is 1. The normalized spacial score (nSPS) is 20.4. The lowest BCUT2D eigenvalue weighted by Gasteiger charge is -2.29. The van der Waals surface area contributed by atoms with Crippen LogP contribution in [0.15, 0.2) is 34.9 Å². The number of allylic oxidation sites excluding steroid dienone is 1. The molecule has 23 heavy (non-hydrogen) atoms. The molecule has 1 amide bonds. The molecular weight excluding hydrogens is 310 g/mol. The number of nitriles is 2. The van der Waals surface area contributed by atoms with Gasteiger partial charge in [-0.25, -0.2) is 0 Å². The Morgan fingerprint density at radius 3 is 2.65 bits per heavy atom. The lowest BCUT2D eigenvalue weighted by Crippen LogP contribution is -2.39. The van der Waals surface area contributed by atoms with Crippen LogP contribution in [0.1, 0.15) is 25.3 Å². The van der Waals surface area contributed by atoms with Crippen molar-refractivity contribution in [3.05, 3.63) is 40.4 Å². The van der Waals surface area contributed by atoms with Gasteiger partial charge in [-0.3, -0.25) is 4.79 Å². The van der Waals surface area contributed by atoms with Crippen molar-refractivity contribution < 1.29 is 9.53 Å². The summed E-state index contributed by atoms with van der Waals surface area (Å²) in [4.78, 5) is 12.3. The van der Waals surface area contributed by atoms with Crippen LogP contribution < -0.4 is 10.1 Å². The van der Waals surface area contributed by atoms with Crippen molar-refractivity contribution in [1.82, 2.24) is 5.32 Å². The molecule has 1 N–H and O–H groups in total. The molecule has 0 aliphatic carbocycles. The number of nitrogens with one attached hydrogen (secondary N) is 1. The van der Waals surface area contributed by atoms with E-state index in [4.69, 9.17) is 4.74 Å². The SMILES string of the molecule is CCOc1ccccc1C1C(C#N)=C(SCC)NC(=O)C1C#N. The Kier molecular flexibility index (Phi) is 5.67. The number of carbonyl (C=O) groups excluding carboxylic acids is 1. The standard InChI is InChI=1S/C17H17N3O2S/c1-3-22-14-8-6-5-7-11(14)15-12(9-18)16(21)20-17(23-4-2)13(15)10-19/h5-8,12,15H,3-4H2,1-2H3,(H,20,21). The highest BCUT2D eigenvalue weighted by molar-refractivity contribution is 8.03. The smallest absolute Gasteiger partial charge is 0.243 e. The zero-order valence-electron chi connectivity index (χ0n) is 13.0. The van der Waals surface area contributed by atoms with Crippen molar-refractivity contribution in [2.75, 3.05) is 12.4 Å². The molecule has 1 aromatic rings. The summed E-state index contributed by atoms with van der Waals surface area (Å²) in [6.07, 6.45) is 0. The molecule has 1 heterocycles. The summed E-state index contributed by atoms with van der Waals surface area (Å²) in [5.74, 6) is -0.622. The van der Waals surface area contributed by atoms with E-state index in [1.807, 2.05) is 38.1 Å². The second-order valence-corrected chi connectivity index (χ2v) is 6.11. The zero-order valence-corrected chi connectivity index (χ0v) is 13.8. The van der Waals surface area contributed by atoms with Gasteiger partial charge >= 0.3 is 0 Å². The maximum atomic E-state index is 12.3. The minimum Gasteiger partial charge on any atom is -0.494 e. The number of amides is 1. The Bertz CT molecular complexity index is 715. The van der Waals surface area contributed by atoms with Crippen molar-refractivity contribution in [2.45, 2.75) is 19.8 Å². The molecule has 5 nitrogen and oxygen atoms in total. The highest BCUT2D eigenvalue weighted by atomic mass is 32.2. The maximum absolute atomic E-state index is 12.3. The highest BCUT2D eigenvalue weighted by Crippen LogP contribution is 2.42. The predicted molar refractivity (Wildman–Crippen MR) is 88.4 cm³/mol. The Labute approximate surface area is 139 Å². The van der Waals surface area contributed by atoms with Gasteiger partial charge in [0.15, 0.2) is 0 Å². The second-order valence-electron chi connectivity index (χ2n) is 4.83. The monoisotopic (exact) mass is 327 g/mol. The molecule has 2 unspecified atom stereocenters. The van der Waals surface area contributed by atoms with Crippen LogP contribution in [-0.4, -0.2) is 18.3 Å². The van der Waals surface area contributed by atoms with Gasteiger partial charge < -0.3 is 10.1 Å². The molecule has 0 spiro atoms. The van der Waals surface area contributed by atoms with Crippen LogP contribution in [0, 0.1) is 28.6 Å². The van der Waals surface area contributed by atoms with Gasteiger partial charge in [0.05, 0.1) is 35.3 Å². The van der Waals surface area contributed by atoms with Crippen LogP contribution in [0.3, 0.4) is 0 Å². The van der Waals surface area contributed by atoms with Crippen molar-refractivity contribution in [2.24, 2.45) is 5.92 Å². The lowest BCUT2D eigenvalue weighted by atomic mass is 9.79. The van der Waals surface area contributed by atoms with Gasteiger partial charge in [-0.05, 0) is 18.7 Å². The Balaban J connectivity index is 2.63. The second kappa shape index (κ2) is 7.71. The molecule has 0 radical (unpaired) electrons. The molecular formula is C17H17N3O2S. The Morgan fingerprint density at radius 1 is 1.30 bits per heavy atom. The minimum absolute atomic E-state index is 0.376. The third kappa shape index (κ3) is 3.33. The van der Waals surface area contributed by atoms with E-state index in [1.54, 1.807) is 6.07 Å². The molecule has 2 rings (SSSR count). The average Bonchev–Trinajstić information content (AvgIpc) is 2.55. The number of carbonyl (C=O) groups is 1. The molecule has 0 saturated carbocycles. The van der Waals surface area contributed by atoms with Gasteiger partial charge in [0.1, 0.15) is 11.7 Å². The first-order valence-electron chi connectivity index (χ1n) is 7.37. The number of hydrogen-bond acceptors (Lipinski definition) is 5. The topological polar surface area (TPSA) is 85.9 Å². The average molecular weight is 327 g/mol. The predicted octanol–water partition coefficient (Wildman–Crippen LogP) is 2.93. The van der Waals surface area contributed by atoms with Crippen LogP contribution in [0.25, 0.3) is 0 Å². The van der Waals surface area contributed by atoms with Crippen LogP contribution in [0.5, 0.6) is 5.75 Å². The van der Waals surface area contributed by atoms with E-state index < -0.39 is 11.8 Å². The fourth-order valence-electron chi connectivity index (χ4n) is 2.59. The highest BCUT2D eigenvalue weighted by Gasteiger charge is 2.40. The Morgan fingerprint density at radius 2 is 2.04 bits per heavy atom. The molecule has 2 atom stereocenters. The molecule has 0 saturated heterocycles. The maximum Gasteiger partial charge on any atom is 0.243 e. The zero-order chi connectivity index (χ0) is 16.8. The van der Waals surface area contributed by atoms with E-state index >= 15 is 0 Å². The third-order valence-electron chi connectivity index (χ3n) is 3.51. The summed E-state index contributed by atoms with van der Waals surface area (Å²) in [6.45, 7) is 4.28. The van der Waals surface area contributed by atoms with E-state index in [2.05, 4.69) is 11.4 Å². The van der Waals surface area contributed by atoms with Crippen LogP contribution in [0.2, 0.25) is 0 Å². The summed E-state index contributed by atoms with van der Waals surface area (Å²) in [5.41, 5.74) is 1.11. The van der Waals surface area contributed by atoms with E-state index in [0.717, 1.165) is 5.75 Å². The summed E-state index contributed by atoms with van der Waals surface area (Å²) >= 11 is 1.39. The van der Waals surface area contributed by atoms with Gasteiger partial charge in [0, 0.05) is 5.56 Å². The summed E-state index contributed by atoms with van der Waals surface area (Å²) in [7, 11) is 0. The molecule has 1 aliphatic heterocycles. The van der Waals surface area contributed by atoms with Crippen molar-refractivity contribution >= 4 is 17.7 Å². The fourth-order valence-corrected chi connectivity index (χ4v) is 3.38. The first-order chi connectivity index (χ1) is 11.2. The van der Waals surface area contributed by atoms with Gasteiger partial charge in [0.2, 0.25) is 5.91 Å². The Hall–Kier alpha value is -2.44. The summed E-state index contributed by atoms with van der Waals surface area (Å²) < 4.78 is 5.63. The molecule has 0 fully saturated rings. The number of benzene rings is 1. The summed E-state index contributed by atoms with van der Waals surface area (Å²) in [5, 5.41) is 22.3. The molecule has 0 aromatic heterocycles. The van der Waals surface area contributed by atoms with Crippen molar-refractivity contribution in [3.63, 3.8) is 0 Å². The molecule has 1 aliphatic rings. The molecule has 0 bridgehead atoms. The van der Waals surface area contributed by atoms with Gasteiger partial charge in [-0.1, -0.05) is 25.1 Å². The minimum atomic E-state index is -0.951. The van der Waals surface area contributed by atoms with Crippen LogP contribution in [0.4, 0.5) is 0 Å². The largest absolute Gasteiger partial charge is 0.494 e. The summed E-state index contributed by atoms with van der Waals surface area (Å²) in [6, 6.07) is 11.5. The van der Waals surface area contributed by atoms with Crippen LogP contribution in [-0.2, 0) is 4.79 Å². The van der Waals surface area contributed by atoms with E-state index in [0.29, 0.717) is 28.5 Å².